The molecule has 7 aromatic rings. The summed E-state index contributed by atoms with van der Waals surface area (Å²) in [6.07, 6.45) is 0. The van der Waals surface area contributed by atoms with Crippen LogP contribution < -0.4 is 4.90 Å². The van der Waals surface area contributed by atoms with E-state index in [4.69, 9.17) is 12.3 Å². The van der Waals surface area contributed by atoms with Crippen LogP contribution in [0.1, 0.15) is 17.8 Å². The standard InChI is InChI=1S/C40H29N/c1-3-12-30(13-4-1)32-24-26-37(27-25-32)41(40-21-10-9-20-39(40)33-15-5-2-6-16-33)38-19-11-18-35(29-38)36-23-22-31-14-7-8-17-34(31)28-36/h1-29H/i1D,3D,4D,11D,12D,13D,18D,19D,24D,25D,26D,27D,29D. The summed E-state index contributed by atoms with van der Waals surface area (Å²) < 4.78 is 115. The topological polar surface area (TPSA) is 3.24 Å². The number of hydrogen-bond donors (Lipinski definition) is 0. The molecule has 0 aliphatic carbocycles. The summed E-state index contributed by atoms with van der Waals surface area (Å²) in [6, 6.07) is 20.6. The van der Waals surface area contributed by atoms with Gasteiger partial charge in [-0.15, -0.1) is 0 Å². The van der Waals surface area contributed by atoms with Crippen molar-refractivity contribution in [2.24, 2.45) is 0 Å². The summed E-state index contributed by atoms with van der Waals surface area (Å²) in [7, 11) is 0. The first-order chi connectivity index (χ1) is 25.8. The number of rotatable bonds is 6. The van der Waals surface area contributed by atoms with E-state index in [0.717, 1.165) is 10.8 Å². The second-order valence-corrected chi connectivity index (χ2v) is 9.23. The monoisotopic (exact) mass is 536 g/mol. The Morgan fingerprint density at radius 1 is 0.415 bits per heavy atom. The molecule has 0 aliphatic rings. The minimum absolute atomic E-state index is 0.0185. The molecule has 0 saturated heterocycles. The molecule has 194 valence electrons. The van der Waals surface area contributed by atoms with Crippen LogP contribution >= 0.6 is 0 Å². The highest BCUT2D eigenvalue weighted by molar-refractivity contribution is 5.91. The van der Waals surface area contributed by atoms with Gasteiger partial charge in [-0.3, -0.25) is 0 Å². The first kappa shape index (κ1) is 14.3. The molecule has 0 bridgehead atoms. The Bertz CT molecular complexity index is 2600. The van der Waals surface area contributed by atoms with E-state index in [0.29, 0.717) is 16.7 Å². The zero-order valence-electron chi connectivity index (χ0n) is 34.7. The van der Waals surface area contributed by atoms with Gasteiger partial charge in [0.1, 0.15) is 0 Å². The van der Waals surface area contributed by atoms with Crippen LogP contribution in [0.4, 0.5) is 17.1 Å². The Hall–Kier alpha value is -5.40. The molecule has 0 radical (unpaired) electrons. The normalized spacial score (nSPS) is 15.4. The molecular formula is C40H29N. The third-order valence-corrected chi connectivity index (χ3v) is 6.69. The molecule has 41 heavy (non-hydrogen) atoms. The highest BCUT2D eigenvalue weighted by atomic mass is 15.1. The fourth-order valence-corrected chi connectivity index (χ4v) is 4.74. The van der Waals surface area contributed by atoms with Crippen molar-refractivity contribution < 1.29 is 17.8 Å². The van der Waals surface area contributed by atoms with Crippen molar-refractivity contribution in [3.63, 3.8) is 0 Å². The van der Waals surface area contributed by atoms with E-state index >= 15 is 0 Å². The average molecular weight is 537 g/mol. The molecule has 7 rings (SSSR count). The molecule has 7 aromatic carbocycles. The maximum atomic E-state index is 9.63. The highest BCUT2D eigenvalue weighted by Crippen LogP contribution is 2.42. The lowest BCUT2D eigenvalue weighted by Crippen LogP contribution is -2.11. The Labute approximate surface area is 259 Å². The van der Waals surface area contributed by atoms with Gasteiger partial charge in [0.15, 0.2) is 0 Å². The summed E-state index contributed by atoms with van der Waals surface area (Å²) in [4.78, 5) is 1.24. The quantitative estimate of drug-likeness (QED) is 0.204. The first-order valence-electron chi connectivity index (χ1n) is 19.5. The molecule has 0 fully saturated rings. The van der Waals surface area contributed by atoms with Gasteiger partial charge in [-0.2, -0.15) is 0 Å². The molecule has 0 amide bonds. The van der Waals surface area contributed by atoms with Crippen molar-refractivity contribution in [1.29, 1.82) is 0 Å². The van der Waals surface area contributed by atoms with Crippen molar-refractivity contribution in [2.75, 3.05) is 4.90 Å². The maximum absolute atomic E-state index is 9.63. The van der Waals surface area contributed by atoms with Gasteiger partial charge in [-0.05, 0) is 74.9 Å². The molecule has 0 unspecified atom stereocenters. The third-order valence-electron chi connectivity index (χ3n) is 6.69. The van der Waals surface area contributed by atoms with Gasteiger partial charge in [0.2, 0.25) is 0 Å². The molecule has 1 heteroatoms. The Balaban J connectivity index is 1.61. The average Bonchev–Trinajstić information content (AvgIpc) is 3.18. The van der Waals surface area contributed by atoms with E-state index in [2.05, 4.69) is 0 Å². The molecule has 0 spiro atoms. The lowest BCUT2D eigenvalue weighted by Gasteiger charge is -2.28. The largest absolute Gasteiger partial charge is 0.310 e. The van der Waals surface area contributed by atoms with Crippen LogP contribution in [-0.2, 0) is 0 Å². The number of benzene rings is 7. The Morgan fingerprint density at radius 3 is 1.93 bits per heavy atom. The van der Waals surface area contributed by atoms with Crippen LogP contribution in [0.2, 0.25) is 0 Å². The van der Waals surface area contributed by atoms with Gasteiger partial charge in [0.25, 0.3) is 0 Å². The Morgan fingerprint density at radius 2 is 1.10 bits per heavy atom. The molecule has 0 aliphatic heterocycles. The van der Waals surface area contributed by atoms with Crippen LogP contribution in [0.5, 0.6) is 0 Å². The van der Waals surface area contributed by atoms with Crippen molar-refractivity contribution in [1.82, 2.24) is 0 Å². The van der Waals surface area contributed by atoms with Gasteiger partial charge < -0.3 is 4.90 Å². The fraction of sp³-hybridized carbons (Fsp3) is 0. The first-order valence-corrected chi connectivity index (χ1v) is 13.0. The minimum Gasteiger partial charge on any atom is -0.310 e. The molecule has 0 N–H and O–H groups in total. The van der Waals surface area contributed by atoms with E-state index < -0.39 is 83.3 Å². The van der Waals surface area contributed by atoms with E-state index in [1.165, 1.54) is 4.90 Å². The van der Waals surface area contributed by atoms with Crippen molar-refractivity contribution >= 4 is 27.8 Å². The van der Waals surface area contributed by atoms with Gasteiger partial charge >= 0.3 is 0 Å². The van der Waals surface area contributed by atoms with E-state index in [1.54, 1.807) is 36.4 Å². The number of anilines is 3. The third kappa shape index (κ3) is 5.02. The summed E-state index contributed by atoms with van der Waals surface area (Å²) in [5.41, 5.74) is 0.177. The Kier molecular flexibility index (Phi) is 3.83. The molecule has 0 heterocycles. The van der Waals surface area contributed by atoms with Crippen molar-refractivity contribution in [3.05, 3.63) is 176 Å². The predicted octanol–water partition coefficient (Wildman–Crippen LogP) is 11.3. The molecule has 0 aromatic heterocycles. The van der Waals surface area contributed by atoms with Crippen LogP contribution in [0.15, 0.2) is 176 Å². The summed E-state index contributed by atoms with van der Waals surface area (Å²) in [5.74, 6) is 0. The second kappa shape index (κ2) is 11.0. The summed E-state index contributed by atoms with van der Waals surface area (Å²) in [6.45, 7) is 0. The van der Waals surface area contributed by atoms with E-state index in [1.807, 2.05) is 60.7 Å². The van der Waals surface area contributed by atoms with E-state index in [9.17, 15) is 5.48 Å². The van der Waals surface area contributed by atoms with Crippen molar-refractivity contribution in [2.45, 2.75) is 0 Å². The smallest absolute Gasteiger partial charge is 0.0651 e. The van der Waals surface area contributed by atoms with Crippen molar-refractivity contribution in [3.8, 4) is 33.4 Å². The van der Waals surface area contributed by atoms with Crippen LogP contribution in [0.3, 0.4) is 0 Å². The highest BCUT2D eigenvalue weighted by Gasteiger charge is 2.17. The minimum atomic E-state index is -0.720. The SMILES string of the molecule is [2H]c1c([2H])c([2H])c(-c2c([2H])c([2H])c(N(c3ccccc3-c3ccccc3)c3c([2H])c([2H])c([2H])c(-c4ccc5ccccc5c4)c3[2H])c([2H])c2[2H])c([2H])c1[2H]. The van der Waals surface area contributed by atoms with Gasteiger partial charge in [-0.1, -0.05) is 139 Å². The summed E-state index contributed by atoms with van der Waals surface area (Å²) >= 11 is 0. The molecule has 0 atom stereocenters. The van der Waals surface area contributed by atoms with Crippen LogP contribution in [0, 0.1) is 0 Å². The fourth-order valence-electron chi connectivity index (χ4n) is 4.74. The summed E-state index contributed by atoms with van der Waals surface area (Å²) in [5, 5.41) is 1.72. The van der Waals surface area contributed by atoms with Crippen LogP contribution in [0.25, 0.3) is 44.2 Å². The van der Waals surface area contributed by atoms with Gasteiger partial charge in [-0.25, -0.2) is 0 Å². The number of nitrogens with zero attached hydrogens (tertiary/aromatic N) is 1. The van der Waals surface area contributed by atoms with Gasteiger partial charge in [0, 0.05) is 16.9 Å². The number of hydrogen-bond acceptors (Lipinski definition) is 1. The number of fused-ring (bicyclic) bond motifs is 1. The maximum Gasteiger partial charge on any atom is 0.0651 e. The van der Waals surface area contributed by atoms with Gasteiger partial charge in [0.05, 0.1) is 23.5 Å². The number of para-hydroxylation sites is 1. The lowest BCUT2D eigenvalue weighted by atomic mass is 9.99. The predicted molar refractivity (Wildman–Crippen MR) is 175 cm³/mol. The van der Waals surface area contributed by atoms with Crippen LogP contribution in [-0.4, -0.2) is 0 Å². The lowest BCUT2D eigenvalue weighted by molar-refractivity contribution is 1.28. The van der Waals surface area contributed by atoms with E-state index in [-0.39, 0.29) is 29.0 Å². The molecule has 0 saturated carbocycles. The molecular weight excluding hydrogens is 494 g/mol. The second-order valence-electron chi connectivity index (χ2n) is 9.23. The zero-order valence-corrected chi connectivity index (χ0v) is 21.7. The molecule has 1 nitrogen and oxygen atoms in total. The zero-order chi connectivity index (χ0) is 38.7.